The highest BCUT2D eigenvalue weighted by molar-refractivity contribution is 5.92. The Morgan fingerprint density at radius 3 is 2.55 bits per heavy atom. The first-order valence-electron chi connectivity index (χ1n) is 6.15. The molecule has 1 rings (SSSR count). The fourth-order valence-electron chi connectivity index (χ4n) is 1.78. The topological polar surface area (TPSA) is 84.7 Å². The van der Waals surface area contributed by atoms with Crippen LogP contribution < -0.4 is 11.1 Å². The average molecular weight is 297 g/mol. The lowest BCUT2D eigenvalue weighted by Crippen LogP contribution is -2.67. The summed E-state index contributed by atoms with van der Waals surface area (Å²) >= 11 is 0. The van der Waals surface area contributed by atoms with E-state index in [9.17, 15) is 22.8 Å². The molecule has 1 aliphatic heterocycles. The molecule has 9 heteroatoms. The molecule has 0 bridgehead atoms. The predicted molar refractivity (Wildman–Crippen MR) is 63.7 cm³/mol. The summed E-state index contributed by atoms with van der Waals surface area (Å²) in [6.45, 7) is 2.37. The standard InChI is InChI=1S/C11H18F3N3O3/c1-3-16-8(18)7-6-20-5-4-17(7)9(19)10(2,15)11(12,13)14/h7H,3-6,15H2,1-2H3,(H,16,18). The fourth-order valence-corrected chi connectivity index (χ4v) is 1.78. The van der Waals surface area contributed by atoms with E-state index in [-0.39, 0.29) is 19.8 Å². The molecule has 1 aliphatic rings. The van der Waals surface area contributed by atoms with Gasteiger partial charge in [-0.2, -0.15) is 13.2 Å². The van der Waals surface area contributed by atoms with Crippen molar-refractivity contribution in [2.24, 2.45) is 5.73 Å². The molecule has 3 N–H and O–H groups in total. The van der Waals surface area contributed by atoms with Crippen LogP contribution in [0.2, 0.25) is 0 Å². The zero-order valence-electron chi connectivity index (χ0n) is 11.3. The quantitative estimate of drug-likeness (QED) is 0.744. The lowest BCUT2D eigenvalue weighted by atomic mass is 9.99. The Labute approximate surface area is 114 Å². The molecular weight excluding hydrogens is 279 g/mol. The van der Waals surface area contributed by atoms with Crippen molar-refractivity contribution in [2.45, 2.75) is 31.6 Å². The average Bonchev–Trinajstić information content (AvgIpc) is 2.36. The second-order valence-corrected chi connectivity index (χ2v) is 4.68. The van der Waals surface area contributed by atoms with Crippen LogP contribution in [0, 0.1) is 0 Å². The van der Waals surface area contributed by atoms with Crippen molar-refractivity contribution in [3.63, 3.8) is 0 Å². The molecule has 0 saturated carbocycles. The number of nitrogens with two attached hydrogens (primary N) is 1. The van der Waals surface area contributed by atoms with E-state index in [0.29, 0.717) is 13.5 Å². The third-order valence-corrected chi connectivity index (χ3v) is 3.08. The molecule has 20 heavy (non-hydrogen) atoms. The molecule has 6 nitrogen and oxygen atoms in total. The molecule has 0 aromatic heterocycles. The van der Waals surface area contributed by atoms with E-state index >= 15 is 0 Å². The lowest BCUT2D eigenvalue weighted by Gasteiger charge is -2.39. The van der Waals surface area contributed by atoms with E-state index in [1.54, 1.807) is 6.92 Å². The Morgan fingerprint density at radius 1 is 1.45 bits per heavy atom. The number of likely N-dealkylation sites (N-methyl/N-ethyl adjacent to an activating group) is 1. The van der Waals surface area contributed by atoms with Crippen LogP contribution in [0.15, 0.2) is 0 Å². The van der Waals surface area contributed by atoms with Gasteiger partial charge in [-0.1, -0.05) is 0 Å². The predicted octanol–water partition coefficient (Wildman–Crippen LogP) is -0.370. The van der Waals surface area contributed by atoms with Crippen LogP contribution in [-0.2, 0) is 14.3 Å². The Morgan fingerprint density at radius 2 is 2.05 bits per heavy atom. The zero-order chi connectivity index (χ0) is 15.6. The van der Waals surface area contributed by atoms with Gasteiger partial charge < -0.3 is 20.7 Å². The summed E-state index contributed by atoms with van der Waals surface area (Å²) in [7, 11) is 0. The van der Waals surface area contributed by atoms with Crippen molar-refractivity contribution in [3.05, 3.63) is 0 Å². The van der Waals surface area contributed by atoms with Crippen molar-refractivity contribution < 1.29 is 27.5 Å². The van der Waals surface area contributed by atoms with Gasteiger partial charge in [0, 0.05) is 13.1 Å². The number of nitrogens with zero attached hydrogens (tertiary/aromatic N) is 1. The molecule has 2 amide bonds. The number of hydrogen-bond donors (Lipinski definition) is 2. The van der Waals surface area contributed by atoms with Gasteiger partial charge in [-0.25, -0.2) is 0 Å². The van der Waals surface area contributed by atoms with Gasteiger partial charge in [0.1, 0.15) is 6.04 Å². The van der Waals surface area contributed by atoms with Gasteiger partial charge in [0.15, 0.2) is 5.54 Å². The number of rotatable bonds is 3. The summed E-state index contributed by atoms with van der Waals surface area (Å²) in [6, 6.07) is -1.10. The SMILES string of the molecule is CCNC(=O)C1COCCN1C(=O)C(C)(N)C(F)(F)F. The third kappa shape index (κ3) is 3.21. The first-order chi connectivity index (χ1) is 9.13. The summed E-state index contributed by atoms with van der Waals surface area (Å²) in [5, 5.41) is 2.46. The zero-order valence-corrected chi connectivity index (χ0v) is 11.3. The number of carbonyl (C=O) groups is 2. The first-order valence-corrected chi connectivity index (χ1v) is 6.15. The van der Waals surface area contributed by atoms with E-state index < -0.39 is 29.6 Å². The van der Waals surface area contributed by atoms with Gasteiger partial charge in [0.25, 0.3) is 5.91 Å². The van der Waals surface area contributed by atoms with Gasteiger partial charge in [-0.05, 0) is 13.8 Å². The lowest BCUT2D eigenvalue weighted by molar-refractivity contribution is -0.198. The fraction of sp³-hybridized carbons (Fsp3) is 0.818. The van der Waals surface area contributed by atoms with Crippen LogP contribution in [0.25, 0.3) is 0 Å². The molecule has 2 atom stereocenters. The van der Waals surface area contributed by atoms with Crippen LogP contribution in [0.5, 0.6) is 0 Å². The van der Waals surface area contributed by atoms with Crippen LogP contribution in [0.4, 0.5) is 13.2 Å². The van der Waals surface area contributed by atoms with Gasteiger partial charge >= 0.3 is 6.18 Å². The summed E-state index contributed by atoms with van der Waals surface area (Å²) in [6.07, 6.45) is -4.89. The number of halogens is 3. The normalized spacial score (nSPS) is 23.1. The molecule has 0 aromatic carbocycles. The van der Waals surface area contributed by atoms with Gasteiger partial charge in [-0.15, -0.1) is 0 Å². The molecule has 1 fully saturated rings. The van der Waals surface area contributed by atoms with Crippen LogP contribution >= 0.6 is 0 Å². The summed E-state index contributed by atoms with van der Waals surface area (Å²) in [5.41, 5.74) is 2.08. The molecule has 0 radical (unpaired) electrons. The van der Waals surface area contributed by atoms with Crippen molar-refractivity contribution in [1.29, 1.82) is 0 Å². The van der Waals surface area contributed by atoms with Crippen molar-refractivity contribution in [3.8, 4) is 0 Å². The highest BCUT2D eigenvalue weighted by Gasteiger charge is 2.56. The van der Waals surface area contributed by atoms with E-state index in [2.05, 4.69) is 5.32 Å². The maximum Gasteiger partial charge on any atom is 0.415 e. The Kier molecular flexibility index (Phi) is 4.98. The molecule has 0 aliphatic carbocycles. The molecule has 1 heterocycles. The number of nitrogens with one attached hydrogen (secondary N) is 1. The minimum atomic E-state index is -4.89. The highest BCUT2D eigenvalue weighted by Crippen LogP contribution is 2.30. The number of ether oxygens (including phenoxy) is 1. The van der Waals surface area contributed by atoms with Crippen molar-refractivity contribution in [1.82, 2.24) is 10.2 Å². The second kappa shape index (κ2) is 5.96. The molecule has 116 valence electrons. The molecule has 2 unspecified atom stereocenters. The minimum Gasteiger partial charge on any atom is -0.377 e. The summed E-state index contributed by atoms with van der Waals surface area (Å²) < 4.78 is 43.5. The van der Waals surface area contributed by atoms with E-state index in [0.717, 1.165) is 4.90 Å². The van der Waals surface area contributed by atoms with Crippen LogP contribution in [0.1, 0.15) is 13.8 Å². The number of amides is 2. The molecule has 0 aromatic rings. The van der Waals surface area contributed by atoms with Crippen molar-refractivity contribution in [2.75, 3.05) is 26.3 Å². The summed E-state index contributed by atoms with van der Waals surface area (Å²) in [5.74, 6) is -1.89. The van der Waals surface area contributed by atoms with Crippen molar-refractivity contribution >= 4 is 11.8 Å². The highest BCUT2D eigenvalue weighted by atomic mass is 19.4. The van der Waals surface area contributed by atoms with Crippen LogP contribution in [-0.4, -0.2) is 60.8 Å². The Bertz CT molecular complexity index is 385. The van der Waals surface area contributed by atoms with Crippen LogP contribution in [0.3, 0.4) is 0 Å². The van der Waals surface area contributed by atoms with E-state index in [4.69, 9.17) is 10.5 Å². The maximum absolute atomic E-state index is 12.8. The molecule has 1 saturated heterocycles. The number of morpholine rings is 1. The molecular formula is C11H18F3N3O3. The number of alkyl halides is 3. The largest absolute Gasteiger partial charge is 0.415 e. The minimum absolute atomic E-state index is 0.0651. The molecule has 0 spiro atoms. The first kappa shape index (κ1) is 16.7. The van der Waals surface area contributed by atoms with E-state index in [1.165, 1.54) is 0 Å². The monoisotopic (exact) mass is 297 g/mol. The second-order valence-electron chi connectivity index (χ2n) is 4.68. The maximum atomic E-state index is 12.8. The number of carbonyl (C=O) groups excluding carboxylic acids is 2. The Hall–Kier alpha value is -1.35. The Balaban J connectivity index is 2.96. The van der Waals surface area contributed by atoms with Gasteiger partial charge in [-0.3, -0.25) is 9.59 Å². The van der Waals surface area contributed by atoms with E-state index in [1.807, 2.05) is 0 Å². The van der Waals surface area contributed by atoms with Gasteiger partial charge in [0.2, 0.25) is 5.91 Å². The van der Waals surface area contributed by atoms with Gasteiger partial charge in [0.05, 0.1) is 13.2 Å². The summed E-state index contributed by atoms with van der Waals surface area (Å²) in [4.78, 5) is 24.6. The third-order valence-electron chi connectivity index (χ3n) is 3.08. The number of hydrogen-bond acceptors (Lipinski definition) is 4. The smallest absolute Gasteiger partial charge is 0.377 e.